The molecule has 0 bridgehead atoms. The van der Waals surface area contributed by atoms with Crippen molar-refractivity contribution < 1.29 is 23.9 Å². The molecule has 6 rings (SSSR count). The van der Waals surface area contributed by atoms with Gasteiger partial charge in [-0.15, -0.1) is 0 Å². The summed E-state index contributed by atoms with van der Waals surface area (Å²) >= 11 is 3.59. The van der Waals surface area contributed by atoms with Crippen LogP contribution in [0, 0.1) is 23.5 Å². The number of amides is 1. The number of piperidine rings is 1. The highest BCUT2D eigenvalue weighted by Gasteiger charge is 2.56. The van der Waals surface area contributed by atoms with Gasteiger partial charge in [-0.2, -0.15) is 0 Å². The number of benzene rings is 1. The minimum absolute atomic E-state index is 0.0581. The molecule has 2 aromatic rings. The lowest BCUT2D eigenvalue weighted by atomic mass is 9.64. The van der Waals surface area contributed by atoms with Crippen LogP contribution in [0.25, 0.3) is 0 Å². The molecule has 3 fully saturated rings. The predicted molar refractivity (Wildman–Crippen MR) is 141 cm³/mol. The summed E-state index contributed by atoms with van der Waals surface area (Å²) in [5, 5.41) is 2.33. The largest absolute Gasteiger partial charge is 0.345 e. The third kappa shape index (κ3) is 4.54. The molecule has 1 saturated carbocycles. The van der Waals surface area contributed by atoms with Crippen molar-refractivity contribution in [1.82, 2.24) is 4.90 Å². The molecule has 3 heterocycles. The summed E-state index contributed by atoms with van der Waals surface area (Å²) in [7, 11) is 0. The summed E-state index contributed by atoms with van der Waals surface area (Å²) in [5.41, 5.74) is 2.65. The number of aryl methyl sites for hydroxylation is 1. The van der Waals surface area contributed by atoms with E-state index >= 15 is 0 Å². The molecular formula is C30H38BrF2N3O+2. The van der Waals surface area contributed by atoms with Gasteiger partial charge in [-0.05, 0) is 68.6 Å². The van der Waals surface area contributed by atoms with E-state index in [2.05, 4.69) is 43.3 Å². The van der Waals surface area contributed by atoms with Gasteiger partial charge in [0.2, 0.25) is 10.5 Å². The molecule has 198 valence electrons. The normalized spacial score (nSPS) is 30.5. The number of nitrogens with two attached hydrogens (primary N) is 1. The number of hydrogen-bond acceptors (Lipinski definition) is 1. The van der Waals surface area contributed by atoms with Crippen LogP contribution in [0.15, 0.2) is 34.9 Å². The third-order valence-corrected chi connectivity index (χ3v) is 10.4. The number of rotatable bonds is 3. The van der Waals surface area contributed by atoms with Gasteiger partial charge in [-0.25, -0.2) is 13.8 Å². The van der Waals surface area contributed by atoms with Gasteiger partial charge in [0.15, 0.2) is 5.69 Å². The van der Waals surface area contributed by atoms with Crippen LogP contribution in [-0.4, -0.2) is 36.5 Å². The van der Waals surface area contributed by atoms with Gasteiger partial charge >= 0.3 is 0 Å². The fourth-order valence-electron chi connectivity index (χ4n) is 8.28. The van der Waals surface area contributed by atoms with E-state index in [1.807, 2.05) is 0 Å². The van der Waals surface area contributed by atoms with Crippen LogP contribution >= 0.6 is 15.9 Å². The van der Waals surface area contributed by atoms with Crippen molar-refractivity contribution in [3.05, 3.63) is 63.4 Å². The molecule has 4 nitrogen and oxygen atoms in total. The Labute approximate surface area is 226 Å². The van der Waals surface area contributed by atoms with Gasteiger partial charge in [0.05, 0.1) is 18.5 Å². The van der Waals surface area contributed by atoms with Crippen molar-refractivity contribution >= 4 is 21.8 Å². The first kappa shape index (κ1) is 25.4. The molecule has 7 heteroatoms. The van der Waals surface area contributed by atoms with Crippen LogP contribution in [0.3, 0.4) is 0 Å². The van der Waals surface area contributed by atoms with Crippen LogP contribution in [0.1, 0.15) is 80.5 Å². The Balaban J connectivity index is 1.32. The Morgan fingerprint density at radius 2 is 1.84 bits per heavy atom. The van der Waals surface area contributed by atoms with Gasteiger partial charge in [0, 0.05) is 52.1 Å². The monoisotopic (exact) mass is 573 g/mol. The number of nitrogens with one attached hydrogen (secondary N) is 1. The molecule has 2 saturated heterocycles. The fourth-order valence-corrected chi connectivity index (χ4v) is 8.65. The minimum Gasteiger partial charge on any atom is -0.345 e. The first-order chi connectivity index (χ1) is 18.0. The van der Waals surface area contributed by atoms with Crippen LogP contribution in [0.4, 0.5) is 8.78 Å². The van der Waals surface area contributed by atoms with Crippen molar-refractivity contribution in [2.45, 2.75) is 81.6 Å². The van der Waals surface area contributed by atoms with Gasteiger partial charge < -0.3 is 10.2 Å². The lowest BCUT2D eigenvalue weighted by molar-refractivity contribution is -0.640. The summed E-state index contributed by atoms with van der Waals surface area (Å²) in [6.45, 7) is 2.34. The Kier molecular flexibility index (Phi) is 7.12. The van der Waals surface area contributed by atoms with E-state index in [1.165, 1.54) is 48.7 Å². The van der Waals surface area contributed by atoms with E-state index < -0.39 is 11.6 Å². The Morgan fingerprint density at radius 1 is 1.05 bits per heavy atom. The maximum Gasteiger partial charge on any atom is 0.246 e. The second-order valence-corrected chi connectivity index (χ2v) is 12.7. The van der Waals surface area contributed by atoms with Gasteiger partial charge in [-0.1, -0.05) is 25.3 Å². The van der Waals surface area contributed by atoms with Gasteiger partial charge in [0.25, 0.3) is 0 Å². The SMILES string of the molecule is O=C([C@@H]1C[NH2+]C[C@]12CCCc1[nH+]c(Br)ccc12)N1CC[C@@H](c2c(F)cccc2F)C[C@H]1C1CCCCC1. The van der Waals surface area contributed by atoms with E-state index in [0.717, 1.165) is 49.8 Å². The lowest BCUT2D eigenvalue weighted by Gasteiger charge is -2.47. The highest BCUT2D eigenvalue weighted by molar-refractivity contribution is 9.10. The molecular weight excluding hydrogens is 536 g/mol. The van der Waals surface area contributed by atoms with Crippen molar-refractivity contribution in [3.8, 4) is 0 Å². The number of hydrogen-bond donors (Lipinski definition) is 1. The second kappa shape index (κ2) is 10.4. The highest BCUT2D eigenvalue weighted by Crippen LogP contribution is 2.46. The van der Waals surface area contributed by atoms with E-state index in [0.29, 0.717) is 25.3 Å². The van der Waals surface area contributed by atoms with E-state index in [-0.39, 0.29) is 34.8 Å². The Hall–Kier alpha value is -1.86. The summed E-state index contributed by atoms with van der Waals surface area (Å²) in [6, 6.07) is 8.55. The lowest BCUT2D eigenvalue weighted by Crippen LogP contribution is -2.82. The van der Waals surface area contributed by atoms with Crippen molar-refractivity contribution in [1.29, 1.82) is 0 Å². The molecule has 3 N–H and O–H groups in total. The summed E-state index contributed by atoms with van der Waals surface area (Å²) in [4.78, 5) is 20.2. The number of pyridine rings is 1. The summed E-state index contributed by atoms with van der Waals surface area (Å²) in [5.74, 6) is -0.444. The molecule has 2 aliphatic heterocycles. The molecule has 1 aromatic carbocycles. The Bertz CT molecular complexity index is 1150. The number of halogens is 3. The van der Waals surface area contributed by atoms with Crippen LogP contribution < -0.4 is 10.3 Å². The summed E-state index contributed by atoms with van der Waals surface area (Å²) in [6.07, 6.45) is 10.2. The van der Waals surface area contributed by atoms with Crippen molar-refractivity contribution in [2.75, 3.05) is 19.6 Å². The molecule has 4 aliphatic rings. The molecule has 1 aromatic heterocycles. The first-order valence-electron chi connectivity index (χ1n) is 14.2. The minimum atomic E-state index is -0.447. The van der Waals surface area contributed by atoms with Crippen LogP contribution in [0.2, 0.25) is 0 Å². The molecule has 37 heavy (non-hydrogen) atoms. The molecule has 1 spiro atoms. The van der Waals surface area contributed by atoms with Gasteiger partial charge in [0.1, 0.15) is 17.6 Å². The third-order valence-electron chi connectivity index (χ3n) is 9.98. The number of carbonyl (C=O) groups excluding carboxylic acids is 1. The molecule has 0 radical (unpaired) electrons. The zero-order valence-electron chi connectivity index (χ0n) is 21.5. The number of nitrogens with zero attached hydrogens (tertiary/aromatic N) is 1. The topological polar surface area (TPSA) is 51.1 Å². The van der Waals surface area contributed by atoms with E-state index in [1.54, 1.807) is 0 Å². The van der Waals surface area contributed by atoms with Crippen LogP contribution in [-0.2, 0) is 16.6 Å². The maximum absolute atomic E-state index is 14.8. The maximum atomic E-state index is 14.8. The van der Waals surface area contributed by atoms with Gasteiger partial charge in [-0.3, -0.25) is 4.79 Å². The molecule has 0 unspecified atom stereocenters. The van der Waals surface area contributed by atoms with Crippen molar-refractivity contribution in [3.63, 3.8) is 0 Å². The molecule has 1 amide bonds. The summed E-state index contributed by atoms with van der Waals surface area (Å²) < 4.78 is 30.5. The molecule has 4 atom stereocenters. The van der Waals surface area contributed by atoms with Crippen LogP contribution in [0.5, 0.6) is 0 Å². The average Bonchev–Trinajstić information content (AvgIpc) is 3.32. The first-order valence-corrected chi connectivity index (χ1v) is 15.0. The smallest absolute Gasteiger partial charge is 0.246 e. The number of fused-ring (bicyclic) bond motifs is 2. The van der Waals surface area contributed by atoms with Crippen molar-refractivity contribution in [2.24, 2.45) is 11.8 Å². The van der Waals surface area contributed by atoms with E-state index in [4.69, 9.17) is 0 Å². The quantitative estimate of drug-likeness (QED) is 0.533. The van der Waals surface area contributed by atoms with E-state index in [9.17, 15) is 13.6 Å². The zero-order chi connectivity index (χ0) is 25.6. The average molecular weight is 575 g/mol. The number of carbonyl (C=O) groups is 1. The number of quaternary nitrogens is 1. The predicted octanol–water partition coefficient (Wildman–Crippen LogP) is 4.66. The zero-order valence-corrected chi connectivity index (χ0v) is 23.0. The molecule has 2 aliphatic carbocycles. The number of aromatic nitrogens is 1. The fraction of sp³-hybridized carbons (Fsp3) is 0.600. The number of aromatic amines is 1. The second-order valence-electron chi connectivity index (χ2n) is 11.8. The number of H-pyrrole nitrogens is 1. The number of likely N-dealkylation sites (tertiary alicyclic amines) is 1. The Morgan fingerprint density at radius 3 is 2.62 bits per heavy atom. The highest BCUT2D eigenvalue weighted by atomic mass is 79.9. The standard InChI is InChI=1S/C30H36BrF2N3O/c31-27-12-11-21-25(35-27)10-5-14-30(21)18-34-17-22(30)29(37)36-15-13-20(28-23(32)8-4-9-24(28)33)16-26(36)19-6-2-1-3-7-19/h4,8-9,11-12,19-20,22,26,34H,1-3,5-7,10,13-18H2/p+2/t20-,22+,26+,30+/m1/s1.